The van der Waals surface area contributed by atoms with Gasteiger partial charge in [0.2, 0.25) is 11.3 Å². The van der Waals surface area contributed by atoms with Crippen molar-refractivity contribution in [2.75, 3.05) is 13.2 Å². The van der Waals surface area contributed by atoms with E-state index in [0.717, 1.165) is 16.8 Å². The molecule has 0 aliphatic heterocycles. The zero-order valence-corrected chi connectivity index (χ0v) is 14.6. The maximum Gasteiger partial charge on any atom is 0.221 e. The third-order valence-corrected chi connectivity index (χ3v) is 4.00. The van der Waals surface area contributed by atoms with Gasteiger partial charge in [-0.05, 0) is 36.8 Å². The summed E-state index contributed by atoms with van der Waals surface area (Å²) in [5, 5.41) is 7.56. The van der Waals surface area contributed by atoms with Crippen molar-refractivity contribution in [1.82, 2.24) is 15.1 Å². The Kier molecular flexibility index (Phi) is 5.63. The Hall–Kier alpha value is -3.15. The largest absolute Gasteiger partial charge is 0.492 e. The second-order valence-corrected chi connectivity index (χ2v) is 6.01. The summed E-state index contributed by atoms with van der Waals surface area (Å²) in [7, 11) is 0. The SMILES string of the molecule is Cc1cccc(OCCNC(=O)CCn2ncc(=O)c3ccccc32)c1. The molecule has 26 heavy (non-hydrogen) atoms. The number of amides is 1. The molecule has 3 rings (SSSR count). The van der Waals surface area contributed by atoms with E-state index in [1.807, 2.05) is 49.4 Å². The number of nitrogens with one attached hydrogen (secondary N) is 1. The molecule has 0 saturated heterocycles. The van der Waals surface area contributed by atoms with Gasteiger partial charge in [0, 0.05) is 11.8 Å². The van der Waals surface area contributed by atoms with E-state index in [1.54, 1.807) is 10.7 Å². The van der Waals surface area contributed by atoms with Crippen molar-refractivity contribution in [3.8, 4) is 5.75 Å². The van der Waals surface area contributed by atoms with Gasteiger partial charge in [-0.2, -0.15) is 5.10 Å². The fraction of sp³-hybridized carbons (Fsp3) is 0.250. The highest BCUT2D eigenvalue weighted by Crippen LogP contribution is 2.11. The smallest absolute Gasteiger partial charge is 0.221 e. The molecule has 6 nitrogen and oxygen atoms in total. The first kappa shape index (κ1) is 17.7. The molecule has 0 spiro atoms. The van der Waals surface area contributed by atoms with E-state index in [2.05, 4.69) is 10.4 Å². The average molecular weight is 351 g/mol. The lowest BCUT2D eigenvalue weighted by Gasteiger charge is -2.10. The van der Waals surface area contributed by atoms with Crippen LogP contribution >= 0.6 is 0 Å². The van der Waals surface area contributed by atoms with Crippen molar-refractivity contribution < 1.29 is 9.53 Å². The van der Waals surface area contributed by atoms with Crippen molar-refractivity contribution in [3.63, 3.8) is 0 Å². The molecular formula is C20H21N3O3. The van der Waals surface area contributed by atoms with Gasteiger partial charge in [0.25, 0.3) is 0 Å². The maximum absolute atomic E-state index is 12.0. The van der Waals surface area contributed by atoms with E-state index in [1.165, 1.54) is 6.20 Å². The summed E-state index contributed by atoms with van der Waals surface area (Å²) in [5.41, 5.74) is 1.75. The number of para-hydroxylation sites is 1. The molecule has 6 heteroatoms. The van der Waals surface area contributed by atoms with Crippen LogP contribution in [-0.2, 0) is 11.3 Å². The molecule has 1 aromatic heterocycles. The average Bonchev–Trinajstić information content (AvgIpc) is 2.65. The number of aromatic nitrogens is 2. The van der Waals surface area contributed by atoms with Crippen molar-refractivity contribution >= 4 is 16.8 Å². The Morgan fingerprint density at radius 1 is 1.19 bits per heavy atom. The van der Waals surface area contributed by atoms with E-state index >= 15 is 0 Å². The molecular weight excluding hydrogens is 330 g/mol. The third kappa shape index (κ3) is 4.47. The predicted octanol–water partition coefficient (Wildman–Crippen LogP) is 2.29. The van der Waals surface area contributed by atoms with Gasteiger partial charge in [0.05, 0.1) is 24.8 Å². The summed E-state index contributed by atoms with van der Waals surface area (Å²) in [4.78, 5) is 23.8. The molecule has 0 fully saturated rings. The van der Waals surface area contributed by atoms with Crippen LogP contribution in [0.3, 0.4) is 0 Å². The number of aryl methyl sites for hydroxylation is 2. The van der Waals surface area contributed by atoms with Crippen LogP contribution in [0.15, 0.2) is 59.5 Å². The maximum atomic E-state index is 12.0. The number of rotatable bonds is 7. The fourth-order valence-corrected chi connectivity index (χ4v) is 2.70. The molecule has 2 aromatic carbocycles. The molecule has 0 unspecified atom stereocenters. The zero-order valence-electron chi connectivity index (χ0n) is 14.6. The lowest BCUT2D eigenvalue weighted by molar-refractivity contribution is -0.121. The number of nitrogens with zero attached hydrogens (tertiary/aromatic N) is 2. The monoisotopic (exact) mass is 351 g/mol. The van der Waals surface area contributed by atoms with Gasteiger partial charge in [-0.15, -0.1) is 0 Å². The Morgan fingerprint density at radius 2 is 2.04 bits per heavy atom. The molecule has 0 bridgehead atoms. The van der Waals surface area contributed by atoms with Crippen LogP contribution in [0.5, 0.6) is 5.75 Å². The van der Waals surface area contributed by atoms with E-state index in [4.69, 9.17) is 4.74 Å². The van der Waals surface area contributed by atoms with E-state index in [-0.39, 0.29) is 17.8 Å². The van der Waals surface area contributed by atoms with E-state index in [9.17, 15) is 9.59 Å². The van der Waals surface area contributed by atoms with Crippen LogP contribution in [0, 0.1) is 6.92 Å². The number of hydrogen-bond acceptors (Lipinski definition) is 4. The normalized spacial score (nSPS) is 10.7. The molecule has 134 valence electrons. The van der Waals surface area contributed by atoms with Crippen LogP contribution in [0.4, 0.5) is 0 Å². The summed E-state index contributed by atoms with van der Waals surface area (Å²) in [6.45, 7) is 3.26. The van der Waals surface area contributed by atoms with Crippen molar-refractivity contribution in [3.05, 3.63) is 70.5 Å². The summed E-state index contributed by atoms with van der Waals surface area (Å²) < 4.78 is 7.28. The Labute approximate surface area is 151 Å². The molecule has 1 heterocycles. The van der Waals surface area contributed by atoms with Crippen molar-refractivity contribution in [2.45, 2.75) is 19.9 Å². The first-order chi connectivity index (χ1) is 12.6. The minimum atomic E-state index is -0.116. The second kappa shape index (κ2) is 8.29. The quantitative estimate of drug-likeness (QED) is 0.663. The highest BCUT2D eigenvalue weighted by molar-refractivity contribution is 5.79. The van der Waals surface area contributed by atoms with Crippen LogP contribution < -0.4 is 15.5 Å². The highest BCUT2D eigenvalue weighted by Gasteiger charge is 2.06. The van der Waals surface area contributed by atoms with Gasteiger partial charge >= 0.3 is 0 Å². The second-order valence-electron chi connectivity index (χ2n) is 6.01. The molecule has 0 radical (unpaired) electrons. The van der Waals surface area contributed by atoms with Gasteiger partial charge in [-0.25, -0.2) is 0 Å². The molecule has 0 atom stereocenters. The lowest BCUT2D eigenvalue weighted by Crippen LogP contribution is -2.29. The van der Waals surface area contributed by atoms with Crippen LogP contribution in [0.2, 0.25) is 0 Å². The minimum Gasteiger partial charge on any atom is -0.492 e. The minimum absolute atomic E-state index is 0.0811. The Bertz CT molecular complexity index is 966. The molecule has 3 aromatic rings. The number of ether oxygens (including phenoxy) is 1. The van der Waals surface area contributed by atoms with E-state index in [0.29, 0.717) is 25.1 Å². The standard InChI is InChI=1S/C20H21N3O3/c1-15-5-4-6-16(13-15)26-12-10-21-20(25)9-11-23-18-8-3-2-7-17(18)19(24)14-22-23/h2-8,13-14H,9-12H2,1H3,(H,21,25). The zero-order chi connectivity index (χ0) is 18.4. The van der Waals surface area contributed by atoms with Crippen LogP contribution in [-0.4, -0.2) is 28.8 Å². The van der Waals surface area contributed by atoms with Gasteiger partial charge in [-0.1, -0.05) is 24.3 Å². The van der Waals surface area contributed by atoms with Crippen LogP contribution in [0.25, 0.3) is 10.9 Å². The molecule has 0 aliphatic carbocycles. The Balaban J connectivity index is 1.47. The molecule has 0 saturated carbocycles. The number of hydrogen-bond donors (Lipinski definition) is 1. The summed E-state index contributed by atoms with van der Waals surface area (Å²) in [6.07, 6.45) is 1.57. The summed E-state index contributed by atoms with van der Waals surface area (Å²) in [6, 6.07) is 15.0. The van der Waals surface area contributed by atoms with E-state index < -0.39 is 0 Å². The van der Waals surface area contributed by atoms with Crippen molar-refractivity contribution in [1.29, 1.82) is 0 Å². The predicted molar refractivity (Wildman–Crippen MR) is 100 cm³/mol. The third-order valence-electron chi connectivity index (χ3n) is 4.00. The van der Waals surface area contributed by atoms with Crippen LogP contribution in [0.1, 0.15) is 12.0 Å². The Morgan fingerprint density at radius 3 is 2.88 bits per heavy atom. The lowest BCUT2D eigenvalue weighted by atomic mass is 10.2. The number of carbonyl (C=O) groups excluding carboxylic acids is 1. The number of carbonyl (C=O) groups is 1. The van der Waals surface area contributed by atoms with Gasteiger partial charge in [-0.3, -0.25) is 14.3 Å². The fourth-order valence-electron chi connectivity index (χ4n) is 2.70. The topological polar surface area (TPSA) is 73.2 Å². The van der Waals surface area contributed by atoms with Gasteiger partial charge in [0.15, 0.2) is 0 Å². The number of fused-ring (bicyclic) bond motifs is 1. The van der Waals surface area contributed by atoms with Crippen molar-refractivity contribution in [2.24, 2.45) is 0 Å². The molecule has 0 aliphatic rings. The van der Waals surface area contributed by atoms with Gasteiger partial charge in [0.1, 0.15) is 12.4 Å². The molecule has 1 N–H and O–H groups in total. The number of benzene rings is 2. The first-order valence-corrected chi connectivity index (χ1v) is 8.54. The summed E-state index contributed by atoms with van der Waals surface area (Å²) in [5.74, 6) is 0.714. The summed E-state index contributed by atoms with van der Waals surface area (Å²) >= 11 is 0. The molecule has 1 amide bonds. The first-order valence-electron chi connectivity index (χ1n) is 8.54. The highest BCUT2D eigenvalue weighted by atomic mass is 16.5. The van der Waals surface area contributed by atoms with Gasteiger partial charge < -0.3 is 10.1 Å².